The van der Waals surface area contributed by atoms with Crippen LogP contribution in [0.4, 0.5) is 0 Å². The lowest BCUT2D eigenvalue weighted by Crippen LogP contribution is -2.41. The highest BCUT2D eigenvalue weighted by atomic mass is 16.3. The van der Waals surface area contributed by atoms with Crippen molar-refractivity contribution in [2.75, 3.05) is 6.54 Å². The number of rotatable bonds is 4. The Morgan fingerprint density at radius 1 is 1.37 bits per heavy atom. The Bertz CT molecular complexity index is 437. The van der Waals surface area contributed by atoms with Crippen molar-refractivity contribution in [1.82, 2.24) is 5.32 Å². The van der Waals surface area contributed by atoms with Gasteiger partial charge in [0, 0.05) is 12.6 Å². The number of aliphatic hydroxyl groups is 1. The molecule has 0 heterocycles. The molecule has 0 aliphatic heterocycles. The molecule has 2 N–H and O–H groups in total. The maximum Gasteiger partial charge on any atom is 0.0741 e. The van der Waals surface area contributed by atoms with Crippen LogP contribution in [0.15, 0.2) is 24.3 Å². The van der Waals surface area contributed by atoms with Crippen LogP contribution in [0.25, 0.3) is 0 Å². The Balaban J connectivity index is 2.17. The average molecular weight is 261 g/mol. The minimum atomic E-state index is -0.609. The standard InChI is InChI=1S/C17H27NO/c1-5-17(4,19)12-18-15-10-11-16(2,3)14-9-7-6-8-13(14)15/h6-9,15,18-19H,5,10-12H2,1-4H3. The van der Waals surface area contributed by atoms with Crippen molar-refractivity contribution >= 4 is 0 Å². The molecule has 2 unspecified atom stereocenters. The fourth-order valence-electron chi connectivity index (χ4n) is 2.89. The van der Waals surface area contributed by atoms with Gasteiger partial charge in [0.05, 0.1) is 5.60 Å². The summed E-state index contributed by atoms with van der Waals surface area (Å²) in [7, 11) is 0. The minimum absolute atomic E-state index is 0.266. The summed E-state index contributed by atoms with van der Waals surface area (Å²) >= 11 is 0. The molecule has 2 atom stereocenters. The van der Waals surface area contributed by atoms with Crippen LogP contribution in [0.3, 0.4) is 0 Å². The second kappa shape index (κ2) is 5.26. The molecule has 106 valence electrons. The van der Waals surface area contributed by atoms with Gasteiger partial charge in [0.2, 0.25) is 0 Å². The molecule has 0 aromatic heterocycles. The summed E-state index contributed by atoms with van der Waals surface area (Å²) in [5.41, 5.74) is 2.52. The third-order valence-electron chi connectivity index (χ3n) is 4.61. The Hall–Kier alpha value is -0.860. The smallest absolute Gasteiger partial charge is 0.0741 e. The average Bonchev–Trinajstić information content (AvgIpc) is 2.38. The van der Waals surface area contributed by atoms with E-state index in [0.29, 0.717) is 12.6 Å². The topological polar surface area (TPSA) is 32.3 Å². The van der Waals surface area contributed by atoms with E-state index in [2.05, 4.69) is 43.4 Å². The van der Waals surface area contributed by atoms with E-state index < -0.39 is 5.60 Å². The normalized spacial score (nSPS) is 24.6. The lowest BCUT2D eigenvalue weighted by molar-refractivity contribution is 0.0517. The highest BCUT2D eigenvalue weighted by molar-refractivity contribution is 5.38. The van der Waals surface area contributed by atoms with E-state index in [1.165, 1.54) is 17.5 Å². The summed E-state index contributed by atoms with van der Waals surface area (Å²) in [5, 5.41) is 13.7. The van der Waals surface area contributed by atoms with E-state index in [0.717, 1.165) is 12.8 Å². The number of hydrogen-bond acceptors (Lipinski definition) is 2. The van der Waals surface area contributed by atoms with Gasteiger partial charge in [-0.3, -0.25) is 0 Å². The van der Waals surface area contributed by atoms with Crippen molar-refractivity contribution in [3.05, 3.63) is 35.4 Å². The number of hydrogen-bond donors (Lipinski definition) is 2. The van der Waals surface area contributed by atoms with Crippen LogP contribution in [0.1, 0.15) is 64.1 Å². The molecule has 1 aliphatic rings. The van der Waals surface area contributed by atoms with Gasteiger partial charge in [-0.1, -0.05) is 45.0 Å². The molecule has 2 rings (SSSR count). The fourth-order valence-corrected chi connectivity index (χ4v) is 2.89. The van der Waals surface area contributed by atoms with Crippen LogP contribution in [-0.4, -0.2) is 17.3 Å². The SMILES string of the molecule is CCC(C)(O)CNC1CCC(C)(C)c2ccccc21. The third kappa shape index (κ3) is 3.18. The predicted octanol–water partition coefficient (Wildman–Crippen LogP) is 3.55. The Kier molecular flexibility index (Phi) is 4.03. The van der Waals surface area contributed by atoms with Crippen molar-refractivity contribution in [2.45, 2.75) is 64.0 Å². The summed E-state index contributed by atoms with van der Waals surface area (Å²) in [6.45, 7) is 9.23. The number of nitrogens with one attached hydrogen (secondary N) is 1. The lowest BCUT2D eigenvalue weighted by atomic mass is 9.71. The second-order valence-corrected chi connectivity index (χ2v) is 6.79. The van der Waals surface area contributed by atoms with Crippen molar-refractivity contribution in [3.8, 4) is 0 Å². The predicted molar refractivity (Wildman–Crippen MR) is 80.4 cm³/mol. The zero-order valence-corrected chi connectivity index (χ0v) is 12.7. The van der Waals surface area contributed by atoms with E-state index >= 15 is 0 Å². The van der Waals surface area contributed by atoms with Gasteiger partial charge in [0.15, 0.2) is 0 Å². The monoisotopic (exact) mass is 261 g/mol. The molecule has 1 aliphatic carbocycles. The third-order valence-corrected chi connectivity index (χ3v) is 4.61. The molecule has 0 bridgehead atoms. The molecule has 0 saturated heterocycles. The lowest BCUT2D eigenvalue weighted by Gasteiger charge is -2.38. The van der Waals surface area contributed by atoms with Gasteiger partial charge in [0.1, 0.15) is 0 Å². The van der Waals surface area contributed by atoms with Crippen LogP contribution >= 0.6 is 0 Å². The van der Waals surface area contributed by atoms with Gasteiger partial charge in [-0.2, -0.15) is 0 Å². The summed E-state index contributed by atoms with van der Waals surface area (Å²) in [6, 6.07) is 9.11. The van der Waals surface area contributed by atoms with Crippen LogP contribution in [0, 0.1) is 0 Å². The molecule has 1 aromatic carbocycles. The van der Waals surface area contributed by atoms with Crippen molar-refractivity contribution in [2.24, 2.45) is 0 Å². The molecule has 2 nitrogen and oxygen atoms in total. The first-order valence-corrected chi connectivity index (χ1v) is 7.41. The maximum atomic E-state index is 10.1. The Labute approximate surface area is 117 Å². The first kappa shape index (κ1) is 14.5. The van der Waals surface area contributed by atoms with Gasteiger partial charge in [-0.15, -0.1) is 0 Å². The van der Waals surface area contributed by atoms with Crippen LogP contribution in [-0.2, 0) is 5.41 Å². The molecule has 19 heavy (non-hydrogen) atoms. The summed E-state index contributed by atoms with van der Waals surface area (Å²) in [4.78, 5) is 0. The van der Waals surface area contributed by atoms with Crippen molar-refractivity contribution < 1.29 is 5.11 Å². The summed E-state index contributed by atoms with van der Waals surface area (Å²) < 4.78 is 0. The molecular formula is C17H27NO. The quantitative estimate of drug-likeness (QED) is 0.868. The van der Waals surface area contributed by atoms with Gasteiger partial charge >= 0.3 is 0 Å². The maximum absolute atomic E-state index is 10.1. The zero-order valence-electron chi connectivity index (χ0n) is 12.7. The first-order chi connectivity index (χ1) is 8.86. The molecule has 1 aromatic rings. The van der Waals surface area contributed by atoms with E-state index in [4.69, 9.17) is 0 Å². The van der Waals surface area contributed by atoms with Crippen LogP contribution < -0.4 is 5.32 Å². The molecule has 0 fully saturated rings. The minimum Gasteiger partial charge on any atom is -0.389 e. The largest absolute Gasteiger partial charge is 0.389 e. The Morgan fingerprint density at radius 3 is 2.74 bits per heavy atom. The molecule has 0 radical (unpaired) electrons. The van der Waals surface area contributed by atoms with E-state index in [1.54, 1.807) is 0 Å². The summed E-state index contributed by atoms with van der Waals surface area (Å²) in [6.07, 6.45) is 3.11. The van der Waals surface area contributed by atoms with Crippen molar-refractivity contribution in [1.29, 1.82) is 0 Å². The molecule has 0 spiro atoms. The van der Waals surface area contributed by atoms with Gasteiger partial charge < -0.3 is 10.4 Å². The zero-order chi connectivity index (χ0) is 14.1. The Morgan fingerprint density at radius 2 is 2.05 bits per heavy atom. The number of fused-ring (bicyclic) bond motifs is 1. The van der Waals surface area contributed by atoms with Gasteiger partial charge in [-0.05, 0) is 42.7 Å². The van der Waals surface area contributed by atoms with Gasteiger partial charge in [0.25, 0.3) is 0 Å². The fraction of sp³-hybridized carbons (Fsp3) is 0.647. The molecule has 2 heteroatoms. The molecule has 0 saturated carbocycles. The second-order valence-electron chi connectivity index (χ2n) is 6.79. The highest BCUT2D eigenvalue weighted by Crippen LogP contribution is 2.41. The van der Waals surface area contributed by atoms with Crippen molar-refractivity contribution in [3.63, 3.8) is 0 Å². The van der Waals surface area contributed by atoms with Crippen LogP contribution in [0.5, 0.6) is 0 Å². The van der Waals surface area contributed by atoms with E-state index in [9.17, 15) is 5.11 Å². The number of benzene rings is 1. The van der Waals surface area contributed by atoms with Gasteiger partial charge in [-0.25, -0.2) is 0 Å². The highest BCUT2D eigenvalue weighted by Gasteiger charge is 2.32. The van der Waals surface area contributed by atoms with E-state index in [1.807, 2.05) is 13.8 Å². The first-order valence-electron chi connectivity index (χ1n) is 7.41. The van der Waals surface area contributed by atoms with E-state index in [-0.39, 0.29) is 5.41 Å². The summed E-state index contributed by atoms with van der Waals surface area (Å²) in [5.74, 6) is 0. The molecular weight excluding hydrogens is 234 g/mol. The van der Waals surface area contributed by atoms with Crippen LogP contribution in [0.2, 0.25) is 0 Å². The molecule has 0 amide bonds.